The molecule has 6 nitrogen and oxygen atoms in total. The van der Waals surface area contributed by atoms with E-state index in [1.165, 1.54) is 7.11 Å². The van der Waals surface area contributed by atoms with Gasteiger partial charge in [-0.2, -0.15) is 0 Å². The van der Waals surface area contributed by atoms with Crippen molar-refractivity contribution < 1.29 is 28.9 Å². The highest BCUT2D eigenvalue weighted by Crippen LogP contribution is 2.36. The van der Waals surface area contributed by atoms with Crippen molar-refractivity contribution in [1.29, 1.82) is 0 Å². The number of phenolic OH excluding ortho intramolecular Hbond substituents is 1. The zero-order chi connectivity index (χ0) is 23.5. The number of aryl methyl sites for hydroxylation is 1. The largest absolute Gasteiger partial charge is 0.508 e. The molecule has 0 bridgehead atoms. The van der Waals surface area contributed by atoms with E-state index in [2.05, 4.69) is 0 Å². The highest BCUT2D eigenvalue weighted by Gasteiger charge is 2.27. The molecule has 0 aliphatic carbocycles. The summed E-state index contributed by atoms with van der Waals surface area (Å²) in [6, 6.07) is 1.58. The second-order valence-electron chi connectivity index (χ2n) is 7.68. The van der Waals surface area contributed by atoms with Gasteiger partial charge in [0.05, 0.1) is 11.1 Å². The Kier molecular flexibility index (Phi) is 7.85. The minimum Gasteiger partial charge on any atom is -0.508 e. The summed E-state index contributed by atoms with van der Waals surface area (Å²) in [5.41, 5.74) is 5.97. The zero-order valence-electron chi connectivity index (χ0n) is 19.7. The number of benzene rings is 2. The smallest absolute Gasteiger partial charge is 0.344 e. The molecule has 31 heavy (non-hydrogen) atoms. The molecular weight excluding hydrogens is 396 g/mol. The average molecular weight is 429 g/mol. The SMILES string of the molecule is CCc1c(C)c(C(=O)OCOC)c(C)c(CC)c1OC(=O)c1c(C)cc(O)c(C)c1C. The van der Waals surface area contributed by atoms with Gasteiger partial charge in [-0.05, 0) is 92.5 Å². The topological polar surface area (TPSA) is 82.1 Å². The number of hydrogen-bond donors (Lipinski definition) is 1. The van der Waals surface area contributed by atoms with E-state index >= 15 is 0 Å². The van der Waals surface area contributed by atoms with E-state index in [1.54, 1.807) is 26.8 Å². The molecule has 2 rings (SSSR count). The molecule has 0 fully saturated rings. The van der Waals surface area contributed by atoms with Gasteiger partial charge >= 0.3 is 11.9 Å². The molecule has 2 aromatic carbocycles. The fourth-order valence-electron chi connectivity index (χ4n) is 4.09. The van der Waals surface area contributed by atoms with Crippen molar-refractivity contribution in [3.05, 3.63) is 56.1 Å². The number of carbonyl (C=O) groups is 2. The van der Waals surface area contributed by atoms with E-state index in [0.717, 1.165) is 22.3 Å². The predicted molar refractivity (Wildman–Crippen MR) is 119 cm³/mol. The summed E-state index contributed by atoms with van der Waals surface area (Å²) in [7, 11) is 1.46. The molecule has 1 N–H and O–H groups in total. The van der Waals surface area contributed by atoms with E-state index < -0.39 is 11.9 Å². The number of aromatic hydroxyl groups is 1. The van der Waals surface area contributed by atoms with Gasteiger partial charge in [-0.15, -0.1) is 0 Å². The first-order chi connectivity index (χ1) is 14.6. The van der Waals surface area contributed by atoms with Gasteiger partial charge in [0.1, 0.15) is 11.5 Å². The summed E-state index contributed by atoms with van der Waals surface area (Å²) in [6.07, 6.45) is 1.16. The van der Waals surface area contributed by atoms with Crippen molar-refractivity contribution in [2.75, 3.05) is 13.9 Å². The Balaban J connectivity index is 2.64. The van der Waals surface area contributed by atoms with Crippen LogP contribution in [-0.2, 0) is 22.3 Å². The second-order valence-corrected chi connectivity index (χ2v) is 7.68. The highest BCUT2D eigenvalue weighted by molar-refractivity contribution is 5.97. The van der Waals surface area contributed by atoms with Crippen LogP contribution in [0, 0.1) is 34.6 Å². The van der Waals surface area contributed by atoms with Crippen LogP contribution in [0.25, 0.3) is 0 Å². The average Bonchev–Trinajstić information content (AvgIpc) is 2.71. The molecule has 0 aliphatic heterocycles. The molecule has 2 aromatic rings. The summed E-state index contributed by atoms with van der Waals surface area (Å²) in [5, 5.41) is 10.1. The normalized spacial score (nSPS) is 10.8. The Hall–Kier alpha value is -2.86. The van der Waals surface area contributed by atoms with Crippen LogP contribution in [0.2, 0.25) is 0 Å². The summed E-state index contributed by atoms with van der Waals surface area (Å²) in [6.45, 7) is 12.8. The third-order valence-electron chi connectivity index (χ3n) is 5.89. The van der Waals surface area contributed by atoms with Gasteiger partial charge < -0.3 is 19.3 Å². The zero-order valence-corrected chi connectivity index (χ0v) is 19.7. The lowest BCUT2D eigenvalue weighted by Crippen LogP contribution is -2.19. The summed E-state index contributed by atoms with van der Waals surface area (Å²) >= 11 is 0. The fourth-order valence-corrected chi connectivity index (χ4v) is 4.09. The molecule has 0 unspecified atom stereocenters. The van der Waals surface area contributed by atoms with E-state index in [-0.39, 0.29) is 12.5 Å². The molecule has 0 amide bonds. The van der Waals surface area contributed by atoms with Crippen LogP contribution in [0.4, 0.5) is 0 Å². The quantitative estimate of drug-likeness (QED) is 0.378. The first-order valence-corrected chi connectivity index (χ1v) is 10.4. The third kappa shape index (κ3) is 4.59. The van der Waals surface area contributed by atoms with Gasteiger partial charge in [0.25, 0.3) is 0 Å². The maximum atomic E-state index is 13.2. The number of hydrogen-bond acceptors (Lipinski definition) is 6. The molecular formula is C25H32O6. The minimum atomic E-state index is -0.476. The molecule has 6 heteroatoms. The Bertz CT molecular complexity index is 989. The second kappa shape index (κ2) is 9.96. The van der Waals surface area contributed by atoms with Crippen LogP contribution in [0.5, 0.6) is 11.5 Å². The van der Waals surface area contributed by atoms with Crippen molar-refractivity contribution in [2.24, 2.45) is 0 Å². The van der Waals surface area contributed by atoms with Gasteiger partial charge in [0, 0.05) is 7.11 Å². The van der Waals surface area contributed by atoms with E-state index in [0.29, 0.717) is 46.4 Å². The van der Waals surface area contributed by atoms with Crippen LogP contribution >= 0.6 is 0 Å². The van der Waals surface area contributed by atoms with Crippen LogP contribution in [0.15, 0.2) is 6.07 Å². The number of ether oxygens (including phenoxy) is 3. The van der Waals surface area contributed by atoms with Crippen molar-refractivity contribution in [2.45, 2.75) is 61.3 Å². The van der Waals surface area contributed by atoms with E-state index in [4.69, 9.17) is 14.2 Å². The number of carbonyl (C=O) groups excluding carboxylic acids is 2. The lowest BCUT2D eigenvalue weighted by molar-refractivity contribution is -0.0126. The molecule has 0 saturated carbocycles. The van der Waals surface area contributed by atoms with E-state index in [9.17, 15) is 14.7 Å². The van der Waals surface area contributed by atoms with Gasteiger partial charge in [-0.3, -0.25) is 0 Å². The minimum absolute atomic E-state index is 0.129. The van der Waals surface area contributed by atoms with E-state index in [1.807, 2.05) is 27.7 Å². The number of methoxy groups -OCH3 is 1. The maximum Gasteiger partial charge on any atom is 0.344 e. The Morgan fingerprint density at radius 1 is 0.839 bits per heavy atom. The van der Waals surface area contributed by atoms with Crippen molar-refractivity contribution in [3.63, 3.8) is 0 Å². The Labute approximate surface area is 184 Å². The number of esters is 2. The van der Waals surface area contributed by atoms with Crippen molar-refractivity contribution in [3.8, 4) is 11.5 Å². The van der Waals surface area contributed by atoms with Crippen molar-refractivity contribution in [1.82, 2.24) is 0 Å². The molecule has 168 valence electrons. The predicted octanol–water partition coefficient (Wildman–Crippen LogP) is 5.04. The number of phenols is 1. The third-order valence-corrected chi connectivity index (χ3v) is 5.89. The first kappa shape index (κ1) is 24.4. The Morgan fingerprint density at radius 3 is 1.87 bits per heavy atom. The maximum absolute atomic E-state index is 13.2. The monoisotopic (exact) mass is 428 g/mol. The van der Waals surface area contributed by atoms with Crippen LogP contribution < -0.4 is 4.74 Å². The molecule has 0 aliphatic rings. The molecule has 0 radical (unpaired) electrons. The van der Waals surface area contributed by atoms with Gasteiger partial charge in [0.2, 0.25) is 0 Å². The first-order valence-electron chi connectivity index (χ1n) is 10.4. The van der Waals surface area contributed by atoms with Crippen LogP contribution in [-0.4, -0.2) is 30.9 Å². The Morgan fingerprint density at radius 2 is 1.39 bits per heavy atom. The van der Waals surface area contributed by atoms with Crippen LogP contribution in [0.1, 0.15) is 73.5 Å². The highest BCUT2D eigenvalue weighted by atomic mass is 16.7. The van der Waals surface area contributed by atoms with Gasteiger partial charge in [-0.1, -0.05) is 13.8 Å². The summed E-state index contributed by atoms with van der Waals surface area (Å²) < 4.78 is 16.0. The molecule has 0 spiro atoms. The fraction of sp³-hybridized carbons (Fsp3) is 0.440. The molecule has 0 saturated heterocycles. The van der Waals surface area contributed by atoms with Crippen molar-refractivity contribution >= 4 is 11.9 Å². The summed E-state index contributed by atoms with van der Waals surface area (Å²) in [4.78, 5) is 25.9. The number of rotatable bonds is 7. The molecule has 0 atom stereocenters. The molecule has 0 aromatic heterocycles. The standard InChI is InChI=1S/C25H32O6/c1-9-18-16(6)22(24(27)30-12-29-8)17(7)19(10-2)23(18)31-25(28)21-13(3)11-20(26)14(4)15(21)5/h11,26H,9-10,12H2,1-8H3. The lowest BCUT2D eigenvalue weighted by atomic mass is 9.89. The molecule has 0 heterocycles. The lowest BCUT2D eigenvalue weighted by Gasteiger charge is -2.22. The van der Waals surface area contributed by atoms with Crippen LogP contribution in [0.3, 0.4) is 0 Å². The summed E-state index contributed by atoms with van der Waals surface area (Å²) in [5.74, 6) is -0.283. The van der Waals surface area contributed by atoms with Gasteiger partial charge in [-0.25, -0.2) is 9.59 Å². The van der Waals surface area contributed by atoms with Gasteiger partial charge in [0.15, 0.2) is 6.79 Å².